The van der Waals surface area contributed by atoms with E-state index in [4.69, 9.17) is 0 Å². The molecule has 1 saturated carbocycles. The summed E-state index contributed by atoms with van der Waals surface area (Å²) in [5, 5.41) is 3.78. The largest absolute Gasteiger partial charge is 0.311 e. The molecule has 0 aromatic carbocycles. The predicted octanol–water partition coefficient (Wildman–Crippen LogP) is 2.64. The number of nitrogens with zero attached hydrogens (tertiary/aromatic N) is 1. The van der Waals surface area contributed by atoms with Crippen molar-refractivity contribution in [3.8, 4) is 0 Å². The minimum Gasteiger partial charge on any atom is -0.311 e. The Morgan fingerprint density at radius 2 is 1.88 bits per heavy atom. The number of hydrogen-bond acceptors (Lipinski definition) is 2. The molecule has 2 heteroatoms. The Kier molecular flexibility index (Phi) is 4.66. The van der Waals surface area contributed by atoms with E-state index in [0.29, 0.717) is 6.04 Å². The zero-order valence-electron chi connectivity index (χ0n) is 11.0. The van der Waals surface area contributed by atoms with Crippen molar-refractivity contribution < 1.29 is 0 Å². The van der Waals surface area contributed by atoms with Crippen molar-refractivity contribution in [2.45, 2.75) is 64.5 Å². The quantitative estimate of drug-likeness (QED) is 0.746. The SMILES string of the molecule is CCCC(C)NC1CCN(CC2CC2)CC1. The first-order valence-corrected chi connectivity index (χ1v) is 7.26. The van der Waals surface area contributed by atoms with Gasteiger partial charge < -0.3 is 10.2 Å². The van der Waals surface area contributed by atoms with Crippen LogP contribution in [0, 0.1) is 5.92 Å². The van der Waals surface area contributed by atoms with Crippen LogP contribution in [0.3, 0.4) is 0 Å². The van der Waals surface area contributed by atoms with Crippen LogP contribution < -0.4 is 5.32 Å². The van der Waals surface area contributed by atoms with Crippen molar-refractivity contribution in [3.05, 3.63) is 0 Å². The Morgan fingerprint density at radius 1 is 1.19 bits per heavy atom. The Morgan fingerprint density at radius 3 is 2.44 bits per heavy atom. The number of likely N-dealkylation sites (tertiary alicyclic amines) is 1. The lowest BCUT2D eigenvalue weighted by atomic mass is 10.0. The summed E-state index contributed by atoms with van der Waals surface area (Å²) in [6.45, 7) is 8.65. The zero-order valence-corrected chi connectivity index (χ0v) is 11.0. The molecule has 1 atom stereocenters. The Balaban J connectivity index is 1.60. The molecule has 1 N–H and O–H groups in total. The first kappa shape index (κ1) is 12.4. The summed E-state index contributed by atoms with van der Waals surface area (Å²) in [5.74, 6) is 1.06. The van der Waals surface area contributed by atoms with Crippen LogP contribution in [-0.4, -0.2) is 36.6 Å². The van der Waals surface area contributed by atoms with E-state index in [2.05, 4.69) is 24.1 Å². The van der Waals surface area contributed by atoms with E-state index in [0.717, 1.165) is 12.0 Å². The van der Waals surface area contributed by atoms with Crippen molar-refractivity contribution >= 4 is 0 Å². The maximum absolute atomic E-state index is 3.78. The van der Waals surface area contributed by atoms with Gasteiger partial charge in [-0.05, 0) is 58.0 Å². The molecule has 0 bridgehead atoms. The van der Waals surface area contributed by atoms with Gasteiger partial charge in [-0.15, -0.1) is 0 Å². The van der Waals surface area contributed by atoms with Gasteiger partial charge in [0, 0.05) is 18.6 Å². The van der Waals surface area contributed by atoms with Gasteiger partial charge in [-0.25, -0.2) is 0 Å². The van der Waals surface area contributed by atoms with Crippen molar-refractivity contribution in [3.63, 3.8) is 0 Å². The lowest BCUT2D eigenvalue weighted by Crippen LogP contribution is -2.45. The van der Waals surface area contributed by atoms with E-state index >= 15 is 0 Å². The molecule has 2 fully saturated rings. The Hall–Kier alpha value is -0.0800. The summed E-state index contributed by atoms with van der Waals surface area (Å²) in [6.07, 6.45) is 8.33. The predicted molar refractivity (Wildman–Crippen MR) is 69.7 cm³/mol. The molecule has 0 radical (unpaired) electrons. The van der Waals surface area contributed by atoms with Gasteiger partial charge in [0.2, 0.25) is 0 Å². The molecule has 2 aliphatic rings. The fourth-order valence-corrected chi connectivity index (χ4v) is 2.87. The number of hydrogen-bond donors (Lipinski definition) is 1. The lowest BCUT2D eigenvalue weighted by molar-refractivity contribution is 0.184. The molecule has 2 nitrogen and oxygen atoms in total. The molecule has 1 unspecified atom stereocenters. The highest BCUT2D eigenvalue weighted by atomic mass is 15.1. The standard InChI is InChI=1S/C14H28N2/c1-3-4-12(2)15-14-7-9-16(10-8-14)11-13-5-6-13/h12-15H,3-11H2,1-2H3. The van der Waals surface area contributed by atoms with Crippen LogP contribution in [0.4, 0.5) is 0 Å². The van der Waals surface area contributed by atoms with Crippen LogP contribution in [-0.2, 0) is 0 Å². The third-order valence-electron chi connectivity index (χ3n) is 4.04. The van der Waals surface area contributed by atoms with Gasteiger partial charge in [0.15, 0.2) is 0 Å². The molecule has 0 spiro atoms. The Bertz CT molecular complexity index is 193. The molecule has 94 valence electrons. The molecule has 1 saturated heterocycles. The summed E-state index contributed by atoms with van der Waals surface area (Å²) in [6, 6.07) is 1.50. The minimum atomic E-state index is 0.713. The molecule has 2 rings (SSSR count). The molecular formula is C14H28N2. The minimum absolute atomic E-state index is 0.713. The van der Waals surface area contributed by atoms with Gasteiger partial charge in [0.25, 0.3) is 0 Å². The number of rotatable bonds is 6. The van der Waals surface area contributed by atoms with Gasteiger partial charge in [-0.3, -0.25) is 0 Å². The molecular weight excluding hydrogens is 196 g/mol. The molecule has 1 aliphatic carbocycles. The first-order valence-electron chi connectivity index (χ1n) is 7.26. The maximum atomic E-state index is 3.78. The van der Waals surface area contributed by atoms with Gasteiger partial charge >= 0.3 is 0 Å². The summed E-state index contributed by atoms with van der Waals surface area (Å²) in [4.78, 5) is 2.68. The van der Waals surface area contributed by atoms with Gasteiger partial charge in [-0.2, -0.15) is 0 Å². The third-order valence-corrected chi connectivity index (χ3v) is 4.04. The molecule has 0 aromatic heterocycles. The normalized spacial score (nSPS) is 25.9. The lowest BCUT2D eigenvalue weighted by Gasteiger charge is -2.34. The van der Waals surface area contributed by atoms with Crippen LogP contribution in [0.25, 0.3) is 0 Å². The number of nitrogens with one attached hydrogen (secondary N) is 1. The summed E-state index contributed by atoms with van der Waals surface area (Å²) in [5.41, 5.74) is 0. The van der Waals surface area contributed by atoms with Gasteiger partial charge in [-0.1, -0.05) is 13.3 Å². The second-order valence-corrected chi connectivity index (χ2v) is 5.87. The van der Waals surface area contributed by atoms with Crippen LogP contribution >= 0.6 is 0 Å². The first-order chi connectivity index (χ1) is 7.78. The fraction of sp³-hybridized carbons (Fsp3) is 1.00. The topological polar surface area (TPSA) is 15.3 Å². The van der Waals surface area contributed by atoms with E-state index in [1.807, 2.05) is 0 Å². The van der Waals surface area contributed by atoms with Crippen LogP contribution in [0.15, 0.2) is 0 Å². The van der Waals surface area contributed by atoms with Crippen molar-refractivity contribution in [1.82, 2.24) is 10.2 Å². The molecule has 1 heterocycles. The highest BCUT2D eigenvalue weighted by molar-refractivity contribution is 4.83. The highest BCUT2D eigenvalue weighted by Gasteiger charge is 2.27. The van der Waals surface area contributed by atoms with E-state index in [-0.39, 0.29) is 0 Å². The van der Waals surface area contributed by atoms with Crippen molar-refractivity contribution in [2.75, 3.05) is 19.6 Å². The van der Waals surface area contributed by atoms with Crippen LogP contribution in [0.1, 0.15) is 52.4 Å². The summed E-state index contributed by atoms with van der Waals surface area (Å²) < 4.78 is 0. The number of piperidine rings is 1. The third kappa shape index (κ3) is 4.06. The molecule has 1 aliphatic heterocycles. The second-order valence-electron chi connectivity index (χ2n) is 5.87. The highest BCUT2D eigenvalue weighted by Crippen LogP contribution is 2.30. The maximum Gasteiger partial charge on any atom is 0.00938 e. The monoisotopic (exact) mass is 224 g/mol. The summed E-state index contributed by atoms with van der Waals surface area (Å²) in [7, 11) is 0. The van der Waals surface area contributed by atoms with Crippen molar-refractivity contribution in [1.29, 1.82) is 0 Å². The van der Waals surface area contributed by atoms with Crippen molar-refractivity contribution in [2.24, 2.45) is 5.92 Å². The molecule has 0 aromatic rings. The van der Waals surface area contributed by atoms with E-state index in [1.54, 1.807) is 0 Å². The van der Waals surface area contributed by atoms with Crippen LogP contribution in [0.5, 0.6) is 0 Å². The Labute approximate surface area is 101 Å². The van der Waals surface area contributed by atoms with E-state index in [9.17, 15) is 0 Å². The molecule has 0 amide bonds. The second kappa shape index (κ2) is 6.02. The van der Waals surface area contributed by atoms with Crippen LogP contribution in [0.2, 0.25) is 0 Å². The molecule has 16 heavy (non-hydrogen) atoms. The van der Waals surface area contributed by atoms with E-state index in [1.165, 1.54) is 58.2 Å². The fourth-order valence-electron chi connectivity index (χ4n) is 2.87. The van der Waals surface area contributed by atoms with E-state index < -0.39 is 0 Å². The average Bonchev–Trinajstić information content (AvgIpc) is 3.05. The average molecular weight is 224 g/mol. The zero-order chi connectivity index (χ0) is 11.4. The van der Waals surface area contributed by atoms with Gasteiger partial charge in [0.1, 0.15) is 0 Å². The summed E-state index contributed by atoms with van der Waals surface area (Å²) >= 11 is 0. The smallest absolute Gasteiger partial charge is 0.00938 e. The van der Waals surface area contributed by atoms with Gasteiger partial charge in [0.05, 0.1) is 0 Å².